The Labute approximate surface area is 96.5 Å². The van der Waals surface area contributed by atoms with E-state index in [1.807, 2.05) is 6.20 Å². The van der Waals surface area contributed by atoms with E-state index in [4.69, 9.17) is 0 Å². The lowest BCUT2D eigenvalue weighted by Gasteiger charge is -2.17. The maximum Gasteiger partial charge on any atom is 0.0925 e. The summed E-state index contributed by atoms with van der Waals surface area (Å²) in [4.78, 5) is 7.87. The van der Waals surface area contributed by atoms with Crippen molar-refractivity contribution in [3.63, 3.8) is 0 Å². The van der Waals surface area contributed by atoms with Gasteiger partial charge in [0.15, 0.2) is 0 Å². The zero-order chi connectivity index (χ0) is 11.3. The first-order valence-corrected chi connectivity index (χ1v) is 6.25. The van der Waals surface area contributed by atoms with Crippen LogP contribution < -0.4 is 5.32 Å². The molecule has 1 rings (SSSR count). The molecule has 0 saturated heterocycles. The van der Waals surface area contributed by atoms with Crippen molar-refractivity contribution in [2.45, 2.75) is 32.9 Å². The highest BCUT2D eigenvalue weighted by Gasteiger charge is 2.04. The van der Waals surface area contributed by atoms with Crippen molar-refractivity contribution < 1.29 is 0 Å². The summed E-state index contributed by atoms with van der Waals surface area (Å²) >= 11 is 1.81. The number of hydrogen-bond donors (Lipinski definition) is 1. The molecule has 4 heteroatoms. The van der Waals surface area contributed by atoms with Gasteiger partial charge in [0.05, 0.1) is 5.01 Å². The summed E-state index contributed by atoms with van der Waals surface area (Å²) in [7, 11) is 4.19. The molecule has 0 spiro atoms. The van der Waals surface area contributed by atoms with Gasteiger partial charge in [0.25, 0.3) is 0 Å². The van der Waals surface area contributed by atoms with Crippen LogP contribution in [0.2, 0.25) is 0 Å². The van der Waals surface area contributed by atoms with Gasteiger partial charge in [0, 0.05) is 30.2 Å². The number of nitrogens with one attached hydrogen (secondary N) is 1. The average Bonchev–Trinajstić information content (AvgIpc) is 2.61. The molecule has 0 amide bonds. The van der Waals surface area contributed by atoms with Gasteiger partial charge in [-0.25, -0.2) is 4.98 Å². The van der Waals surface area contributed by atoms with Crippen molar-refractivity contribution in [1.29, 1.82) is 0 Å². The topological polar surface area (TPSA) is 28.2 Å². The van der Waals surface area contributed by atoms with Crippen LogP contribution in [0.25, 0.3) is 0 Å². The van der Waals surface area contributed by atoms with E-state index in [0.717, 1.165) is 19.5 Å². The number of hydrogen-bond acceptors (Lipinski definition) is 4. The number of nitrogens with zero attached hydrogens (tertiary/aromatic N) is 2. The summed E-state index contributed by atoms with van der Waals surface area (Å²) < 4.78 is 0. The summed E-state index contributed by atoms with van der Waals surface area (Å²) in [6, 6.07) is 0.521. The Kier molecular flexibility index (Phi) is 5.22. The molecule has 0 saturated carbocycles. The molecule has 0 aliphatic heterocycles. The van der Waals surface area contributed by atoms with Crippen LogP contribution in [0.4, 0.5) is 0 Å². The third-order valence-corrected chi connectivity index (χ3v) is 3.31. The van der Waals surface area contributed by atoms with Gasteiger partial charge in [0.2, 0.25) is 0 Å². The van der Waals surface area contributed by atoms with E-state index < -0.39 is 0 Å². The second-order valence-electron chi connectivity index (χ2n) is 4.12. The fraction of sp³-hybridized carbons (Fsp3) is 0.727. The molecule has 1 heterocycles. The summed E-state index contributed by atoms with van der Waals surface area (Å²) in [6.07, 6.45) is 3.02. The van der Waals surface area contributed by atoms with Crippen molar-refractivity contribution in [2.75, 3.05) is 20.6 Å². The lowest BCUT2D eigenvalue weighted by atomic mass is 10.3. The fourth-order valence-electron chi connectivity index (χ4n) is 1.48. The van der Waals surface area contributed by atoms with E-state index in [0.29, 0.717) is 6.04 Å². The van der Waals surface area contributed by atoms with Crippen LogP contribution in [0, 0.1) is 0 Å². The fourth-order valence-corrected chi connectivity index (χ4v) is 2.29. The third kappa shape index (κ3) is 4.73. The van der Waals surface area contributed by atoms with Crippen molar-refractivity contribution >= 4 is 11.3 Å². The number of aryl methyl sites for hydroxylation is 1. The summed E-state index contributed by atoms with van der Waals surface area (Å²) in [5.41, 5.74) is 0. The van der Waals surface area contributed by atoms with E-state index in [-0.39, 0.29) is 0 Å². The summed E-state index contributed by atoms with van der Waals surface area (Å²) in [5.74, 6) is 0. The van der Waals surface area contributed by atoms with Crippen molar-refractivity contribution in [3.8, 4) is 0 Å². The maximum absolute atomic E-state index is 4.34. The monoisotopic (exact) mass is 227 g/mol. The van der Waals surface area contributed by atoms with Crippen LogP contribution in [0.5, 0.6) is 0 Å². The predicted octanol–water partition coefficient (Wildman–Crippen LogP) is 1.75. The van der Waals surface area contributed by atoms with Gasteiger partial charge in [-0.3, -0.25) is 0 Å². The highest BCUT2D eigenvalue weighted by Crippen LogP contribution is 2.12. The molecular weight excluding hydrogens is 206 g/mol. The minimum atomic E-state index is 0.521. The van der Waals surface area contributed by atoms with Crippen molar-refractivity contribution in [3.05, 3.63) is 16.1 Å². The molecule has 86 valence electrons. The number of rotatable bonds is 6. The molecule has 0 fully saturated rings. The maximum atomic E-state index is 4.34. The quantitative estimate of drug-likeness (QED) is 0.802. The molecule has 1 atom stereocenters. The van der Waals surface area contributed by atoms with Crippen molar-refractivity contribution in [2.24, 2.45) is 0 Å². The van der Waals surface area contributed by atoms with Gasteiger partial charge >= 0.3 is 0 Å². The molecule has 1 N–H and O–H groups in total. The second-order valence-corrected chi connectivity index (χ2v) is 5.32. The second kappa shape index (κ2) is 6.20. The molecular formula is C11H21N3S. The van der Waals surface area contributed by atoms with E-state index in [1.54, 1.807) is 11.3 Å². The van der Waals surface area contributed by atoms with Crippen LogP contribution in [-0.2, 0) is 13.0 Å². The van der Waals surface area contributed by atoms with Gasteiger partial charge < -0.3 is 10.2 Å². The Morgan fingerprint density at radius 3 is 2.80 bits per heavy atom. The number of aromatic nitrogens is 1. The third-order valence-electron chi connectivity index (χ3n) is 2.17. The first kappa shape index (κ1) is 12.6. The predicted molar refractivity (Wildman–Crippen MR) is 66.3 cm³/mol. The molecule has 3 nitrogen and oxygen atoms in total. The zero-order valence-corrected chi connectivity index (χ0v) is 10.9. The average molecular weight is 227 g/mol. The van der Waals surface area contributed by atoms with Gasteiger partial charge in [-0.05, 0) is 27.4 Å². The highest BCUT2D eigenvalue weighted by molar-refractivity contribution is 7.11. The van der Waals surface area contributed by atoms with Crippen LogP contribution in [0.3, 0.4) is 0 Å². The molecule has 15 heavy (non-hydrogen) atoms. The lowest BCUT2D eigenvalue weighted by Crippen LogP contribution is -2.35. The Morgan fingerprint density at radius 2 is 2.27 bits per heavy atom. The van der Waals surface area contributed by atoms with E-state index in [1.165, 1.54) is 9.88 Å². The zero-order valence-electron chi connectivity index (χ0n) is 10.1. The molecule has 1 aromatic rings. The van der Waals surface area contributed by atoms with Crippen LogP contribution in [0.15, 0.2) is 6.20 Å². The van der Waals surface area contributed by atoms with E-state index in [2.05, 4.69) is 43.1 Å². The highest BCUT2D eigenvalue weighted by atomic mass is 32.1. The van der Waals surface area contributed by atoms with Crippen LogP contribution in [-0.4, -0.2) is 36.6 Å². The Bertz CT molecular complexity index is 283. The summed E-state index contributed by atoms with van der Waals surface area (Å²) in [5, 5.41) is 4.73. The SMILES string of the molecule is CCc1ncc(CNC(C)CN(C)C)s1. The minimum Gasteiger partial charge on any atom is -0.308 e. The Morgan fingerprint density at radius 1 is 1.53 bits per heavy atom. The van der Waals surface area contributed by atoms with Crippen molar-refractivity contribution in [1.82, 2.24) is 15.2 Å². The molecule has 0 bridgehead atoms. The Hall–Kier alpha value is -0.450. The first-order valence-electron chi connectivity index (χ1n) is 5.43. The van der Waals surface area contributed by atoms with Gasteiger partial charge in [-0.15, -0.1) is 11.3 Å². The van der Waals surface area contributed by atoms with Crippen LogP contribution >= 0.6 is 11.3 Å². The molecule has 1 aromatic heterocycles. The molecule has 0 aliphatic rings. The van der Waals surface area contributed by atoms with Gasteiger partial charge in [-0.2, -0.15) is 0 Å². The van der Waals surface area contributed by atoms with Gasteiger partial charge in [0.1, 0.15) is 0 Å². The number of thiazole rings is 1. The summed E-state index contributed by atoms with van der Waals surface area (Å²) in [6.45, 7) is 6.36. The smallest absolute Gasteiger partial charge is 0.0925 e. The van der Waals surface area contributed by atoms with Gasteiger partial charge in [-0.1, -0.05) is 6.92 Å². The Balaban J connectivity index is 2.30. The van der Waals surface area contributed by atoms with E-state index >= 15 is 0 Å². The molecule has 0 aliphatic carbocycles. The first-order chi connectivity index (χ1) is 7.11. The molecule has 0 aromatic carbocycles. The minimum absolute atomic E-state index is 0.521. The molecule has 1 unspecified atom stereocenters. The molecule has 0 radical (unpaired) electrons. The standard InChI is InChI=1S/C11H21N3S/c1-5-11-13-7-10(15-11)6-12-9(2)8-14(3)4/h7,9,12H,5-6,8H2,1-4H3. The largest absolute Gasteiger partial charge is 0.308 e. The van der Waals surface area contributed by atoms with E-state index in [9.17, 15) is 0 Å². The normalized spacial score (nSPS) is 13.4. The van der Waals surface area contributed by atoms with Crippen LogP contribution in [0.1, 0.15) is 23.7 Å². The number of likely N-dealkylation sites (N-methyl/N-ethyl adjacent to an activating group) is 1. The lowest BCUT2D eigenvalue weighted by molar-refractivity contribution is 0.349.